The molecule has 18 nitrogen and oxygen atoms in total. The maximum Gasteiger partial charge on any atom is 0.272 e. The quantitative estimate of drug-likeness (QED) is 0.157. The average molecular weight is 830 g/mol. The van der Waals surface area contributed by atoms with E-state index in [1.807, 2.05) is 13.8 Å². The van der Waals surface area contributed by atoms with Crippen LogP contribution in [0.1, 0.15) is 81.6 Å². The summed E-state index contributed by atoms with van der Waals surface area (Å²) in [5, 5.41) is 34.4. The van der Waals surface area contributed by atoms with Crippen molar-refractivity contribution >= 4 is 41.4 Å². The summed E-state index contributed by atoms with van der Waals surface area (Å²) in [4.78, 5) is 98.9. The van der Waals surface area contributed by atoms with Crippen molar-refractivity contribution in [3.8, 4) is 11.5 Å². The van der Waals surface area contributed by atoms with Crippen LogP contribution in [0.2, 0.25) is 0 Å². The van der Waals surface area contributed by atoms with Gasteiger partial charge in [0.2, 0.25) is 35.4 Å². The molecule has 6 rings (SSSR count). The van der Waals surface area contributed by atoms with E-state index in [-0.39, 0.29) is 37.4 Å². The number of H-pyrrole nitrogens is 1. The van der Waals surface area contributed by atoms with E-state index in [4.69, 9.17) is 4.42 Å². The van der Waals surface area contributed by atoms with Crippen molar-refractivity contribution in [2.45, 2.75) is 122 Å². The highest BCUT2D eigenvalue weighted by Crippen LogP contribution is 2.27. The first-order valence-electron chi connectivity index (χ1n) is 20.5. The van der Waals surface area contributed by atoms with Crippen LogP contribution in [0.5, 0.6) is 0 Å². The van der Waals surface area contributed by atoms with E-state index in [9.17, 15) is 38.7 Å². The number of aryl methyl sites for hydroxylation is 1. The van der Waals surface area contributed by atoms with Crippen molar-refractivity contribution in [3.63, 3.8) is 0 Å². The zero-order chi connectivity index (χ0) is 43.2. The summed E-state index contributed by atoms with van der Waals surface area (Å²) < 4.78 is 5.64. The molecule has 1 aliphatic carbocycles. The molecule has 0 spiro atoms. The van der Waals surface area contributed by atoms with Crippen molar-refractivity contribution < 1.29 is 43.1 Å². The number of hydrogen-bond acceptors (Lipinski definition) is 10. The summed E-state index contributed by atoms with van der Waals surface area (Å²) >= 11 is 0. The number of amides is 7. The number of rotatable bonds is 8. The summed E-state index contributed by atoms with van der Waals surface area (Å²) in [6.07, 6.45) is 0.273. The van der Waals surface area contributed by atoms with Gasteiger partial charge in [0.05, 0.1) is 12.0 Å². The second-order valence-corrected chi connectivity index (χ2v) is 16.5. The van der Waals surface area contributed by atoms with Crippen LogP contribution in [0, 0.1) is 18.8 Å². The lowest BCUT2D eigenvalue weighted by Crippen LogP contribution is -2.61. The molecule has 2 saturated heterocycles. The van der Waals surface area contributed by atoms with Gasteiger partial charge >= 0.3 is 0 Å². The van der Waals surface area contributed by atoms with Crippen LogP contribution in [0.25, 0.3) is 11.5 Å². The molecule has 322 valence electrons. The van der Waals surface area contributed by atoms with Gasteiger partial charge in [0.1, 0.15) is 41.7 Å². The van der Waals surface area contributed by atoms with Gasteiger partial charge in [-0.05, 0) is 70.1 Å². The highest BCUT2D eigenvalue weighted by Gasteiger charge is 2.45. The minimum absolute atomic E-state index is 0.0380. The third kappa shape index (κ3) is 10.4. The summed E-state index contributed by atoms with van der Waals surface area (Å²) in [5.74, 6) is -4.06. The second-order valence-electron chi connectivity index (χ2n) is 16.5. The average Bonchev–Trinajstić information content (AvgIpc) is 4.03. The van der Waals surface area contributed by atoms with E-state index >= 15 is 0 Å². The van der Waals surface area contributed by atoms with Crippen LogP contribution >= 0.6 is 0 Å². The van der Waals surface area contributed by atoms with Gasteiger partial charge in [-0.25, -0.2) is 0 Å². The van der Waals surface area contributed by atoms with Crippen LogP contribution in [-0.4, -0.2) is 116 Å². The maximum atomic E-state index is 14.8. The number of nitrogens with zero attached hydrogens (tertiary/aromatic N) is 2. The predicted molar refractivity (Wildman–Crippen MR) is 216 cm³/mol. The van der Waals surface area contributed by atoms with Gasteiger partial charge in [-0.3, -0.25) is 38.7 Å². The molecule has 2 aliphatic heterocycles. The largest absolute Gasteiger partial charge is 0.460 e. The van der Waals surface area contributed by atoms with Crippen molar-refractivity contribution in [2.75, 3.05) is 6.54 Å². The van der Waals surface area contributed by atoms with Crippen molar-refractivity contribution in [1.82, 2.24) is 47.0 Å². The number of hydrogen-bond donors (Lipinski definition) is 8. The number of carbonyl (C=O) groups is 7. The number of benzene rings is 1. The maximum absolute atomic E-state index is 14.8. The molecule has 1 saturated carbocycles. The predicted octanol–water partition coefficient (Wildman–Crippen LogP) is 0.605. The van der Waals surface area contributed by atoms with E-state index in [1.54, 1.807) is 49.4 Å². The number of aliphatic hydroxyl groups is 1. The van der Waals surface area contributed by atoms with E-state index in [2.05, 4.69) is 42.1 Å². The smallest absolute Gasteiger partial charge is 0.272 e. The molecule has 7 amide bonds. The molecule has 3 fully saturated rings. The van der Waals surface area contributed by atoms with Gasteiger partial charge in [0, 0.05) is 31.1 Å². The standard InChI is InChI=1S/C42H55N9O9/c1-21(2)16-30-38(55)48-35(24(5)52)41(58)47-32(17-25-10-7-6-8-11-25)42(59)51-20-26(44-39(56)31-19-29(49-50-31)34-15-14-22(3)60-34)18-33(51)40(57)43-23(4)36(53)45-28-13-9-12-27(28)37(54)46-30/h6-8,10-11,14-15,19,21,23-24,26-28,30,32-33,35,52H,9,12-13,16-18,20H2,1-5H3,(H,43,57)(H,44,56)(H,45,53)(H,46,54)(H,47,58)(H,48,55)(H,49,50)/t23-,24+,26+,27+,28+,30-,32-,33?,35-/m0/s1. The van der Waals surface area contributed by atoms with Gasteiger partial charge < -0.3 is 46.3 Å². The molecule has 9 atom stereocenters. The Morgan fingerprint density at radius 2 is 1.62 bits per heavy atom. The molecule has 0 radical (unpaired) electrons. The lowest BCUT2D eigenvalue weighted by atomic mass is 9.98. The molecule has 1 aromatic carbocycles. The van der Waals surface area contributed by atoms with Gasteiger partial charge in [-0.1, -0.05) is 50.6 Å². The minimum Gasteiger partial charge on any atom is -0.460 e. The Morgan fingerprint density at radius 3 is 2.30 bits per heavy atom. The number of aromatic nitrogens is 2. The van der Waals surface area contributed by atoms with E-state index in [1.165, 1.54) is 24.8 Å². The molecular formula is C42H55N9O9. The number of carbonyl (C=O) groups excluding carboxylic acids is 7. The molecule has 3 aliphatic rings. The molecular weight excluding hydrogens is 775 g/mol. The Labute approximate surface area is 347 Å². The van der Waals surface area contributed by atoms with Crippen molar-refractivity contribution in [1.29, 1.82) is 0 Å². The highest BCUT2D eigenvalue weighted by atomic mass is 16.3. The number of aliphatic hydroxyl groups excluding tert-OH is 1. The highest BCUT2D eigenvalue weighted by molar-refractivity contribution is 5.98. The summed E-state index contributed by atoms with van der Waals surface area (Å²) in [6.45, 7) is 8.20. The zero-order valence-electron chi connectivity index (χ0n) is 34.4. The normalized spacial score (nSPS) is 27.6. The first-order valence-corrected chi connectivity index (χ1v) is 20.5. The number of fused-ring (bicyclic) bond motifs is 2. The fraction of sp³-hybridized carbons (Fsp3) is 0.524. The fourth-order valence-corrected chi connectivity index (χ4v) is 8.12. The zero-order valence-corrected chi connectivity index (χ0v) is 34.4. The molecule has 60 heavy (non-hydrogen) atoms. The Balaban J connectivity index is 1.32. The van der Waals surface area contributed by atoms with Gasteiger partial charge in [0.25, 0.3) is 5.91 Å². The van der Waals surface area contributed by atoms with E-state index < -0.39 is 95.7 Å². The summed E-state index contributed by atoms with van der Waals surface area (Å²) in [5.41, 5.74) is 1.17. The minimum atomic E-state index is -1.54. The van der Waals surface area contributed by atoms with Gasteiger partial charge in [0.15, 0.2) is 11.5 Å². The summed E-state index contributed by atoms with van der Waals surface area (Å²) in [6, 6.07) is 6.28. The Kier molecular flexibility index (Phi) is 13.7. The van der Waals surface area contributed by atoms with Gasteiger partial charge in [-0.2, -0.15) is 5.10 Å². The number of aromatic amines is 1. The number of nitrogens with one attached hydrogen (secondary N) is 7. The number of furan rings is 1. The third-order valence-corrected chi connectivity index (χ3v) is 11.3. The molecule has 8 N–H and O–H groups in total. The van der Waals surface area contributed by atoms with Gasteiger partial charge in [-0.15, -0.1) is 0 Å². The Bertz CT molecular complexity index is 2060. The Morgan fingerprint density at radius 1 is 0.883 bits per heavy atom. The fourth-order valence-electron chi connectivity index (χ4n) is 8.12. The molecule has 1 unspecified atom stereocenters. The monoisotopic (exact) mass is 829 g/mol. The van der Waals surface area contributed by atoms with Crippen LogP contribution in [0.15, 0.2) is 52.9 Å². The lowest BCUT2D eigenvalue weighted by Gasteiger charge is -2.31. The lowest BCUT2D eigenvalue weighted by molar-refractivity contribution is -0.143. The Hall–Kier alpha value is -6.04. The van der Waals surface area contributed by atoms with Crippen LogP contribution in [0.4, 0.5) is 0 Å². The second kappa shape index (κ2) is 18.9. The topological polar surface area (TPSA) is 257 Å². The van der Waals surface area contributed by atoms with Crippen LogP contribution < -0.4 is 31.9 Å². The van der Waals surface area contributed by atoms with Crippen molar-refractivity contribution in [3.05, 3.63) is 65.5 Å². The van der Waals surface area contributed by atoms with Crippen LogP contribution in [0.3, 0.4) is 0 Å². The first kappa shape index (κ1) is 43.5. The molecule has 0 bridgehead atoms. The SMILES string of the molecule is Cc1ccc(-c2cc(C(=O)N[C@@H]3CC4C(=O)N[C@@H](C)C(=O)N[C@@H]5CCC[C@H]5C(=O)N[C@@H](CC(C)C)C(=O)N[C@@H]([C@@H](C)O)C(=O)N[C@@H](Cc5ccccc5)C(=O)N4C3)n[nH]2)o1. The third-order valence-electron chi connectivity index (χ3n) is 11.3. The molecule has 4 heterocycles. The van der Waals surface area contributed by atoms with Crippen molar-refractivity contribution in [2.24, 2.45) is 11.8 Å². The van der Waals surface area contributed by atoms with E-state index in [0.717, 1.165) is 0 Å². The van der Waals surface area contributed by atoms with E-state index in [0.29, 0.717) is 42.0 Å². The molecule has 3 aromatic rings. The van der Waals surface area contributed by atoms with Crippen LogP contribution in [-0.2, 0) is 35.2 Å². The first-order chi connectivity index (χ1) is 28.6. The summed E-state index contributed by atoms with van der Waals surface area (Å²) in [7, 11) is 0. The molecule has 2 aromatic heterocycles. The molecule has 18 heteroatoms.